The van der Waals surface area contributed by atoms with Crippen LogP contribution in [0.4, 0.5) is 5.00 Å². The molecule has 6 nitrogen and oxygen atoms in total. The van der Waals surface area contributed by atoms with Crippen molar-refractivity contribution in [3.63, 3.8) is 0 Å². The van der Waals surface area contributed by atoms with Gasteiger partial charge in [-0.05, 0) is 35.9 Å². The highest BCUT2D eigenvalue weighted by Crippen LogP contribution is 2.35. The van der Waals surface area contributed by atoms with E-state index in [-0.39, 0.29) is 15.5 Å². The number of amides is 2. The Kier molecular flexibility index (Phi) is 5.83. The van der Waals surface area contributed by atoms with Crippen molar-refractivity contribution in [1.82, 2.24) is 0 Å². The molecule has 3 rings (SSSR count). The first-order valence-corrected chi connectivity index (χ1v) is 10.9. The van der Waals surface area contributed by atoms with Gasteiger partial charge in [0.25, 0.3) is 5.91 Å². The topological polar surface area (TPSA) is 106 Å². The summed E-state index contributed by atoms with van der Waals surface area (Å²) in [6.07, 6.45) is 0. The number of thiophene rings is 1. The van der Waals surface area contributed by atoms with Crippen LogP contribution in [0.2, 0.25) is 5.02 Å². The Balaban J connectivity index is 1.82. The Morgan fingerprint density at radius 3 is 2.29 bits per heavy atom. The Morgan fingerprint density at radius 2 is 1.68 bits per heavy atom. The molecule has 28 heavy (non-hydrogen) atoms. The molecule has 2 amide bonds. The lowest BCUT2D eigenvalue weighted by Crippen LogP contribution is -2.24. The van der Waals surface area contributed by atoms with Crippen molar-refractivity contribution >= 4 is 49.6 Å². The average Bonchev–Trinajstić information content (AvgIpc) is 3.06. The van der Waals surface area contributed by atoms with Crippen LogP contribution in [-0.4, -0.2) is 26.0 Å². The summed E-state index contributed by atoms with van der Waals surface area (Å²) in [7, 11) is -3.86. The fraction of sp³-hybridized carbons (Fsp3) is 0.0526. The predicted octanol–water partition coefficient (Wildman–Crippen LogP) is 3.58. The van der Waals surface area contributed by atoms with Crippen molar-refractivity contribution in [3.8, 4) is 10.4 Å². The van der Waals surface area contributed by atoms with Gasteiger partial charge < -0.3 is 11.1 Å². The quantitative estimate of drug-likeness (QED) is 0.618. The van der Waals surface area contributed by atoms with Crippen molar-refractivity contribution in [2.75, 3.05) is 11.1 Å². The lowest BCUT2D eigenvalue weighted by Gasteiger charge is -2.06. The minimum Gasteiger partial charge on any atom is -0.366 e. The molecule has 0 aliphatic carbocycles. The number of nitrogens with two attached hydrogens (primary N) is 1. The van der Waals surface area contributed by atoms with Gasteiger partial charge in [-0.2, -0.15) is 0 Å². The molecular formula is C19H15ClN2O4S2. The number of halogens is 1. The maximum atomic E-state index is 12.4. The number of nitrogens with one attached hydrogen (secondary N) is 1. The zero-order valence-corrected chi connectivity index (χ0v) is 16.8. The van der Waals surface area contributed by atoms with Crippen LogP contribution in [0.25, 0.3) is 10.4 Å². The van der Waals surface area contributed by atoms with E-state index in [4.69, 9.17) is 17.3 Å². The number of primary amides is 1. The molecule has 1 heterocycles. The first kappa shape index (κ1) is 20.1. The molecule has 0 saturated heterocycles. The molecule has 0 bridgehead atoms. The van der Waals surface area contributed by atoms with Gasteiger partial charge in [-0.25, -0.2) is 8.42 Å². The monoisotopic (exact) mass is 434 g/mol. The van der Waals surface area contributed by atoms with E-state index in [0.29, 0.717) is 5.02 Å². The molecule has 0 unspecified atom stereocenters. The van der Waals surface area contributed by atoms with E-state index in [2.05, 4.69) is 5.32 Å². The summed E-state index contributed by atoms with van der Waals surface area (Å²) in [5.41, 5.74) is 6.38. The Labute approximate surface area is 170 Å². The lowest BCUT2D eigenvalue weighted by molar-refractivity contribution is -0.113. The van der Waals surface area contributed by atoms with Gasteiger partial charge in [-0.15, -0.1) is 11.3 Å². The fourth-order valence-corrected chi connectivity index (χ4v) is 4.82. The Bertz CT molecular complexity index is 1120. The van der Waals surface area contributed by atoms with Crippen LogP contribution < -0.4 is 11.1 Å². The van der Waals surface area contributed by atoms with Gasteiger partial charge in [0, 0.05) is 9.90 Å². The standard InChI is InChI=1S/C19H15ClN2O4S2/c20-13-6-8-14(9-7-13)28(25,26)11-17(23)22-19-15(18(21)24)10-16(27-19)12-4-2-1-3-5-12/h1-10H,11H2,(H2,21,24)(H,22,23). The summed E-state index contributed by atoms with van der Waals surface area (Å²) in [6, 6.07) is 16.4. The molecule has 2 aromatic carbocycles. The highest BCUT2D eigenvalue weighted by molar-refractivity contribution is 7.92. The van der Waals surface area contributed by atoms with Gasteiger partial charge in [0.15, 0.2) is 9.84 Å². The molecular weight excluding hydrogens is 420 g/mol. The molecule has 0 atom stereocenters. The SMILES string of the molecule is NC(=O)c1cc(-c2ccccc2)sc1NC(=O)CS(=O)(=O)c1ccc(Cl)cc1. The molecule has 1 aromatic heterocycles. The smallest absolute Gasteiger partial charge is 0.251 e. The number of hydrogen-bond acceptors (Lipinski definition) is 5. The van der Waals surface area contributed by atoms with Crippen molar-refractivity contribution in [3.05, 3.63) is 71.2 Å². The third kappa shape index (κ3) is 4.59. The number of anilines is 1. The molecule has 9 heteroatoms. The van der Waals surface area contributed by atoms with E-state index in [9.17, 15) is 18.0 Å². The highest BCUT2D eigenvalue weighted by Gasteiger charge is 2.22. The second-order valence-corrected chi connectivity index (χ2v) is 9.32. The van der Waals surface area contributed by atoms with Crippen LogP contribution >= 0.6 is 22.9 Å². The van der Waals surface area contributed by atoms with Gasteiger partial charge in [0.1, 0.15) is 10.8 Å². The molecule has 0 radical (unpaired) electrons. The molecule has 3 aromatic rings. The largest absolute Gasteiger partial charge is 0.366 e. The number of sulfone groups is 1. The van der Waals surface area contributed by atoms with E-state index in [1.54, 1.807) is 6.07 Å². The number of hydrogen-bond donors (Lipinski definition) is 2. The van der Waals surface area contributed by atoms with Crippen LogP contribution in [0.15, 0.2) is 65.6 Å². The van der Waals surface area contributed by atoms with Gasteiger partial charge in [0.05, 0.1) is 10.5 Å². The molecule has 0 aliphatic heterocycles. The first-order valence-electron chi connectivity index (χ1n) is 8.03. The molecule has 0 saturated carbocycles. The normalized spacial score (nSPS) is 11.2. The molecule has 0 spiro atoms. The number of benzene rings is 2. The van der Waals surface area contributed by atoms with Crippen LogP contribution in [0.1, 0.15) is 10.4 Å². The van der Waals surface area contributed by atoms with E-state index < -0.39 is 27.4 Å². The number of carbonyl (C=O) groups excluding carboxylic acids is 2. The van der Waals surface area contributed by atoms with Crippen LogP contribution in [-0.2, 0) is 14.6 Å². The molecule has 3 N–H and O–H groups in total. The third-order valence-electron chi connectivity index (χ3n) is 3.80. The minimum absolute atomic E-state index is 0.0154. The van der Waals surface area contributed by atoms with Gasteiger partial charge in [-0.1, -0.05) is 41.9 Å². The summed E-state index contributed by atoms with van der Waals surface area (Å²) in [4.78, 5) is 24.8. The Morgan fingerprint density at radius 1 is 1.04 bits per heavy atom. The molecule has 0 fully saturated rings. The minimum atomic E-state index is -3.86. The average molecular weight is 435 g/mol. The first-order chi connectivity index (χ1) is 13.3. The summed E-state index contributed by atoms with van der Waals surface area (Å²) in [5.74, 6) is -2.25. The van der Waals surface area contributed by atoms with Crippen molar-refractivity contribution in [2.24, 2.45) is 5.73 Å². The predicted molar refractivity (Wildman–Crippen MR) is 110 cm³/mol. The fourth-order valence-electron chi connectivity index (χ4n) is 2.47. The van der Waals surface area contributed by atoms with Crippen LogP contribution in [0, 0.1) is 0 Å². The zero-order valence-electron chi connectivity index (χ0n) is 14.4. The molecule has 0 aliphatic rings. The van der Waals surface area contributed by atoms with Crippen molar-refractivity contribution in [2.45, 2.75) is 4.90 Å². The van der Waals surface area contributed by atoms with Gasteiger partial charge in [-0.3, -0.25) is 9.59 Å². The van der Waals surface area contributed by atoms with E-state index in [0.717, 1.165) is 21.8 Å². The van der Waals surface area contributed by atoms with Crippen molar-refractivity contribution < 1.29 is 18.0 Å². The lowest BCUT2D eigenvalue weighted by atomic mass is 10.1. The van der Waals surface area contributed by atoms with Crippen LogP contribution in [0.3, 0.4) is 0 Å². The van der Waals surface area contributed by atoms with Gasteiger partial charge in [0.2, 0.25) is 5.91 Å². The van der Waals surface area contributed by atoms with Crippen molar-refractivity contribution in [1.29, 1.82) is 0 Å². The third-order valence-corrected chi connectivity index (χ3v) is 6.79. The zero-order chi connectivity index (χ0) is 20.3. The number of carbonyl (C=O) groups is 2. The van der Waals surface area contributed by atoms with E-state index >= 15 is 0 Å². The van der Waals surface area contributed by atoms with E-state index in [1.807, 2.05) is 30.3 Å². The summed E-state index contributed by atoms with van der Waals surface area (Å²) in [5, 5.41) is 3.09. The maximum absolute atomic E-state index is 12.4. The summed E-state index contributed by atoms with van der Waals surface area (Å²) >= 11 is 6.91. The van der Waals surface area contributed by atoms with E-state index in [1.165, 1.54) is 24.3 Å². The van der Waals surface area contributed by atoms with Crippen LogP contribution in [0.5, 0.6) is 0 Å². The summed E-state index contributed by atoms with van der Waals surface area (Å²) < 4.78 is 24.8. The second-order valence-electron chi connectivity index (χ2n) is 5.84. The number of rotatable bonds is 6. The molecule has 144 valence electrons. The summed E-state index contributed by atoms with van der Waals surface area (Å²) in [6.45, 7) is 0. The highest BCUT2D eigenvalue weighted by atomic mass is 35.5. The maximum Gasteiger partial charge on any atom is 0.251 e. The second kappa shape index (κ2) is 8.14. The van der Waals surface area contributed by atoms with Gasteiger partial charge >= 0.3 is 0 Å². The Hall–Kier alpha value is -2.68.